The lowest BCUT2D eigenvalue weighted by Crippen LogP contribution is -2.40. The predicted molar refractivity (Wildman–Crippen MR) is 169 cm³/mol. The monoisotopic (exact) mass is 714 g/mol. The number of benzene rings is 2. The highest BCUT2D eigenvalue weighted by atomic mass is 79.9. The van der Waals surface area contributed by atoms with Crippen LogP contribution in [0.1, 0.15) is 44.1 Å². The van der Waals surface area contributed by atoms with Crippen molar-refractivity contribution in [2.45, 2.75) is 32.7 Å². The Kier molecular flexibility index (Phi) is 9.19. The van der Waals surface area contributed by atoms with Crippen LogP contribution in [-0.4, -0.2) is 31.4 Å². The van der Waals surface area contributed by atoms with Crippen LogP contribution in [0.25, 0.3) is 17.4 Å². The van der Waals surface area contributed by atoms with Crippen molar-refractivity contribution >= 4 is 55.2 Å². The smallest absolute Gasteiger partial charge is 0.338 e. The number of esters is 1. The van der Waals surface area contributed by atoms with Gasteiger partial charge in [-0.25, -0.2) is 9.79 Å². The van der Waals surface area contributed by atoms with Crippen molar-refractivity contribution in [2.75, 3.05) is 20.8 Å². The first-order valence-corrected chi connectivity index (χ1v) is 15.7. The molecule has 0 fully saturated rings. The number of thiazole rings is 1. The van der Waals surface area contributed by atoms with Gasteiger partial charge in [-0.05, 0) is 61.9 Å². The van der Waals surface area contributed by atoms with Gasteiger partial charge in [-0.3, -0.25) is 9.36 Å². The Bertz CT molecular complexity index is 1870. The van der Waals surface area contributed by atoms with E-state index in [9.17, 15) is 9.59 Å². The van der Waals surface area contributed by atoms with Gasteiger partial charge < -0.3 is 18.6 Å². The number of methoxy groups -OCH3 is 2. The Morgan fingerprint density at radius 1 is 1.10 bits per heavy atom. The molecule has 0 saturated carbocycles. The van der Waals surface area contributed by atoms with E-state index >= 15 is 0 Å². The number of allylic oxidation sites excluding steroid dienone is 1. The number of carbonyl (C=O) groups excluding carboxylic acids is 1. The van der Waals surface area contributed by atoms with E-state index in [1.807, 2.05) is 37.3 Å². The van der Waals surface area contributed by atoms with Crippen molar-refractivity contribution in [3.05, 3.63) is 99.8 Å². The minimum atomic E-state index is -0.834. The van der Waals surface area contributed by atoms with Crippen molar-refractivity contribution in [2.24, 2.45) is 4.99 Å². The highest BCUT2D eigenvalue weighted by Gasteiger charge is 2.36. The number of nitrogens with zero attached hydrogens (tertiary/aromatic N) is 2. The third-order valence-corrected chi connectivity index (χ3v) is 8.89. The molecule has 4 aromatic rings. The Morgan fingerprint density at radius 3 is 2.62 bits per heavy atom. The number of rotatable bonds is 9. The number of furan rings is 1. The molecule has 218 valence electrons. The fraction of sp³-hybridized carbons (Fsp3) is 0.258. The maximum atomic E-state index is 14.1. The van der Waals surface area contributed by atoms with E-state index in [0.29, 0.717) is 55.6 Å². The van der Waals surface area contributed by atoms with Crippen LogP contribution in [0.4, 0.5) is 0 Å². The van der Waals surface area contributed by atoms with Crippen molar-refractivity contribution < 1.29 is 23.4 Å². The molecule has 0 amide bonds. The largest absolute Gasteiger partial charge is 0.497 e. The maximum absolute atomic E-state index is 14.1. The lowest BCUT2D eigenvalue weighted by molar-refractivity contribution is -0.139. The van der Waals surface area contributed by atoms with Crippen molar-refractivity contribution in [1.82, 2.24) is 4.57 Å². The van der Waals surface area contributed by atoms with E-state index in [2.05, 4.69) is 31.9 Å². The van der Waals surface area contributed by atoms with Crippen molar-refractivity contribution in [3.63, 3.8) is 0 Å². The molecule has 0 unspecified atom stereocenters. The molecule has 8 nitrogen and oxygen atoms in total. The molecule has 0 saturated heterocycles. The average molecular weight is 716 g/mol. The number of fused-ring (bicyclic) bond motifs is 1. The molecular weight excluding hydrogens is 688 g/mol. The van der Waals surface area contributed by atoms with E-state index in [-0.39, 0.29) is 12.2 Å². The van der Waals surface area contributed by atoms with E-state index in [4.69, 9.17) is 23.6 Å². The zero-order valence-corrected chi connectivity index (χ0v) is 27.4. The molecule has 0 aliphatic carbocycles. The number of carbonyl (C=O) groups is 1. The Labute approximate surface area is 263 Å². The molecule has 2 aromatic carbocycles. The molecule has 3 heterocycles. The number of hydrogen-bond donors (Lipinski definition) is 0. The topological polar surface area (TPSA) is 92.3 Å². The summed E-state index contributed by atoms with van der Waals surface area (Å²) in [6.45, 7) is 3.95. The second-order valence-corrected chi connectivity index (χ2v) is 12.1. The lowest BCUT2D eigenvalue weighted by atomic mass is 9.93. The predicted octanol–water partition coefficient (Wildman–Crippen LogP) is 6.38. The standard InChI is InChI=1S/C31H28Br2N2O6S/c1-5-7-23-27(30(37)40-6-2)28(21-15-18(38-3)9-12-24(21)39-4)35-29(36)26(42-31(35)34-23)16-19-10-13-25(41-19)20-14-17(32)8-11-22(20)33/h8-16,28H,5-7H2,1-4H3/b26-16-/t28-/m0/s1. The van der Waals surface area contributed by atoms with Gasteiger partial charge in [-0.2, -0.15) is 0 Å². The number of hydrogen-bond acceptors (Lipinski definition) is 8. The second kappa shape index (κ2) is 12.8. The van der Waals surface area contributed by atoms with Gasteiger partial charge in [0, 0.05) is 26.1 Å². The molecule has 0 spiro atoms. The molecule has 1 atom stereocenters. The van der Waals surface area contributed by atoms with Crippen LogP contribution >= 0.6 is 43.2 Å². The fourth-order valence-electron chi connectivity index (χ4n) is 4.86. The molecule has 1 aliphatic rings. The van der Waals surface area contributed by atoms with Crippen LogP contribution in [0.3, 0.4) is 0 Å². The molecule has 1 aliphatic heterocycles. The van der Waals surface area contributed by atoms with Gasteiger partial charge in [0.25, 0.3) is 5.56 Å². The second-order valence-electron chi connectivity index (χ2n) is 9.35. The van der Waals surface area contributed by atoms with Crippen LogP contribution < -0.4 is 24.4 Å². The summed E-state index contributed by atoms with van der Waals surface area (Å²) in [4.78, 5) is 32.9. The first-order chi connectivity index (χ1) is 20.3. The van der Waals surface area contributed by atoms with Crippen molar-refractivity contribution in [3.8, 4) is 22.8 Å². The maximum Gasteiger partial charge on any atom is 0.338 e. The molecule has 11 heteroatoms. The van der Waals surface area contributed by atoms with Crippen LogP contribution in [0, 0.1) is 0 Å². The van der Waals surface area contributed by atoms with Gasteiger partial charge in [0.05, 0.1) is 36.6 Å². The molecule has 42 heavy (non-hydrogen) atoms. The highest BCUT2D eigenvalue weighted by molar-refractivity contribution is 9.11. The van der Waals surface area contributed by atoms with Gasteiger partial charge >= 0.3 is 5.97 Å². The van der Waals surface area contributed by atoms with Gasteiger partial charge in [0.1, 0.15) is 29.1 Å². The average Bonchev–Trinajstić information content (AvgIpc) is 3.57. The summed E-state index contributed by atoms with van der Waals surface area (Å²) >= 11 is 8.32. The van der Waals surface area contributed by atoms with Gasteiger partial charge in [0.15, 0.2) is 4.80 Å². The number of halogens is 2. The zero-order chi connectivity index (χ0) is 30.0. The van der Waals surface area contributed by atoms with Gasteiger partial charge in [-0.15, -0.1) is 0 Å². The molecule has 0 N–H and O–H groups in total. The van der Waals surface area contributed by atoms with Gasteiger partial charge in [-0.1, -0.05) is 56.5 Å². The van der Waals surface area contributed by atoms with Crippen LogP contribution in [0.5, 0.6) is 11.5 Å². The third-order valence-electron chi connectivity index (χ3n) is 6.72. The Balaban J connectivity index is 1.73. The summed E-state index contributed by atoms with van der Waals surface area (Å²) in [6, 6.07) is 14.0. The lowest BCUT2D eigenvalue weighted by Gasteiger charge is -2.27. The molecule has 5 rings (SSSR count). The molecular formula is C31H28Br2N2O6S. The van der Waals surface area contributed by atoms with E-state index < -0.39 is 12.0 Å². The first kappa shape index (κ1) is 30.1. The Hall–Kier alpha value is -3.41. The summed E-state index contributed by atoms with van der Waals surface area (Å²) in [5.74, 6) is 1.70. The summed E-state index contributed by atoms with van der Waals surface area (Å²) in [5, 5.41) is 0. The van der Waals surface area contributed by atoms with E-state index in [0.717, 1.165) is 20.9 Å². The molecule has 0 bridgehead atoms. The number of aromatic nitrogens is 1. The first-order valence-electron chi connectivity index (χ1n) is 13.3. The summed E-state index contributed by atoms with van der Waals surface area (Å²) < 4.78 is 26.6. The Morgan fingerprint density at radius 2 is 1.90 bits per heavy atom. The third kappa shape index (κ3) is 5.77. The van der Waals surface area contributed by atoms with Crippen molar-refractivity contribution in [1.29, 1.82) is 0 Å². The van der Waals surface area contributed by atoms with E-state index in [1.165, 1.54) is 15.9 Å². The summed E-state index contributed by atoms with van der Waals surface area (Å²) in [5.41, 5.74) is 2.05. The minimum Gasteiger partial charge on any atom is -0.497 e. The quantitative estimate of drug-likeness (QED) is 0.187. The van der Waals surface area contributed by atoms with Gasteiger partial charge in [0.2, 0.25) is 0 Å². The summed E-state index contributed by atoms with van der Waals surface area (Å²) in [7, 11) is 3.11. The SMILES string of the molecule is CCCC1=C(C(=O)OCC)[C@H](c2cc(OC)ccc2OC)n2c(s/c(=C\c3ccc(-c4cc(Br)ccc4Br)o3)c2=O)=N1. The highest BCUT2D eigenvalue weighted by Crippen LogP contribution is 2.39. The molecule has 0 radical (unpaired) electrons. The van der Waals surface area contributed by atoms with E-state index in [1.54, 1.807) is 45.4 Å². The minimum absolute atomic E-state index is 0.184. The summed E-state index contributed by atoms with van der Waals surface area (Å²) in [6.07, 6.45) is 2.98. The zero-order valence-electron chi connectivity index (χ0n) is 23.4. The fourth-order valence-corrected chi connectivity index (χ4v) is 6.66. The van der Waals surface area contributed by atoms with Crippen LogP contribution in [0.2, 0.25) is 0 Å². The van der Waals surface area contributed by atoms with Crippen LogP contribution in [0.15, 0.2) is 83.0 Å². The normalized spacial score (nSPS) is 14.9. The molecule has 2 aromatic heterocycles. The van der Waals surface area contributed by atoms with Crippen LogP contribution in [-0.2, 0) is 9.53 Å². The number of ether oxygens (including phenoxy) is 3.